The molecule has 272 valence electrons. The van der Waals surface area contributed by atoms with E-state index in [2.05, 4.69) is 102 Å². The van der Waals surface area contributed by atoms with Crippen LogP contribution >= 0.6 is 0 Å². The molecule has 0 radical (unpaired) electrons. The summed E-state index contributed by atoms with van der Waals surface area (Å²) >= 11 is 0. The second kappa shape index (κ2) is 18.9. The number of anilines is 2. The molecule has 47 heavy (non-hydrogen) atoms. The van der Waals surface area contributed by atoms with Crippen molar-refractivity contribution in [3.05, 3.63) is 30.4 Å². The van der Waals surface area contributed by atoms with E-state index in [0.717, 1.165) is 65.9 Å². The van der Waals surface area contributed by atoms with Crippen molar-refractivity contribution in [2.75, 3.05) is 11.5 Å². The average molecular weight is 653 g/mol. The Morgan fingerprint density at radius 2 is 1.34 bits per heavy atom. The van der Waals surface area contributed by atoms with Crippen LogP contribution < -0.4 is 16.2 Å². The Morgan fingerprint density at radius 1 is 0.766 bits per heavy atom. The van der Waals surface area contributed by atoms with Gasteiger partial charge >= 0.3 is 0 Å². The lowest BCUT2D eigenvalue weighted by Crippen LogP contribution is -2.52. The Bertz CT molecular complexity index is 1050. The molecule has 3 fully saturated rings. The molecule has 4 aliphatic carbocycles. The monoisotopic (exact) mass is 653 g/mol. The first-order chi connectivity index (χ1) is 22.0. The highest BCUT2D eigenvalue weighted by Gasteiger charge is 2.59. The summed E-state index contributed by atoms with van der Waals surface area (Å²) in [7, 11) is 0. The maximum absolute atomic E-state index is 6.43. The van der Waals surface area contributed by atoms with Gasteiger partial charge in [0.25, 0.3) is 0 Å². The van der Waals surface area contributed by atoms with Crippen LogP contribution in [0.4, 0.5) is 11.4 Å². The van der Waals surface area contributed by atoms with Gasteiger partial charge in [-0.05, 0) is 127 Å². The highest BCUT2D eigenvalue weighted by atomic mass is 16.5. The van der Waals surface area contributed by atoms with Crippen LogP contribution in [-0.2, 0) is 0 Å². The van der Waals surface area contributed by atoms with Crippen molar-refractivity contribution in [2.45, 2.75) is 167 Å². The first-order valence-electron chi connectivity index (χ1n) is 20.0. The van der Waals surface area contributed by atoms with Crippen molar-refractivity contribution in [1.82, 2.24) is 0 Å². The second-order valence-corrected chi connectivity index (χ2v) is 18.3. The minimum atomic E-state index is 0.242. The number of nitrogens with two attached hydrogens (primary N) is 2. The van der Waals surface area contributed by atoms with Gasteiger partial charge in [0.05, 0.1) is 11.8 Å². The van der Waals surface area contributed by atoms with Gasteiger partial charge in [0, 0.05) is 5.69 Å². The normalized spacial score (nSPS) is 32.9. The van der Waals surface area contributed by atoms with E-state index in [1.54, 1.807) is 0 Å². The number of fused-ring (bicyclic) bond motifs is 5. The van der Waals surface area contributed by atoms with Gasteiger partial charge in [-0.15, -0.1) is 0 Å². The fraction of sp³-hybridized carbons (Fsp3) is 0.818. The molecule has 1 aromatic rings. The summed E-state index contributed by atoms with van der Waals surface area (Å²) in [6, 6.07) is 5.64. The topological polar surface area (TPSA) is 61.3 Å². The summed E-state index contributed by atoms with van der Waals surface area (Å²) in [5.41, 5.74) is 14.4. The van der Waals surface area contributed by atoms with E-state index in [1.807, 2.05) is 18.2 Å². The molecule has 3 nitrogen and oxygen atoms in total. The highest BCUT2D eigenvalue weighted by Crippen LogP contribution is 2.67. The predicted molar refractivity (Wildman–Crippen MR) is 210 cm³/mol. The Kier molecular flexibility index (Phi) is 16.7. The predicted octanol–water partition coefficient (Wildman–Crippen LogP) is 13.2. The van der Waals surface area contributed by atoms with Gasteiger partial charge in [0.15, 0.2) is 0 Å². The molecule has 0 aliphatic heterocycles. The fourth-order valence-electron chi connectivity index (χ4n) is 9.57. The van der Waals surface area contributed by atoms with Gasteiger partial charge in [-0.1, -0.05) is 128 Å². The Balaban J connectivity index is 0.000000611. The molecule has 0 amide bonds. The summed E-state index contributed by atoms with van der Waals surface area (Å²) < 4.78 is 6.43. The van der Waals surface area contributed by atoms with E-state index < -0.39 is 0 Å². The molecule has 9 unspecified atom stereocenters. The molecule has 0 spiro atoms. The summed E-state index contributed by atoms with van der Waals surface area (Å²) in [4.78, 5) is 0. The van der Waals surface area contributed by atoms with Gasteiger partial charge in [-0.25, -0.2) is 0 Å². The fourth-order valence-corrected chi connectivity index (χ4v) is 9.57. The minimum Gasteiger partial charge on any atom is -0.488 e. The highest BCUT2D eigenvalue weighted by molar-refractivity contribution is 5.60. The van der Waals surface area contributed by atoms with Crippen LogP contribution in [0.1, 0.15) is 161 Å². The van der Waals surface area contributed by atoms with Crippen LogP contribution in [0.15, 0.2) is 30.4 Å². The molecule has 9 atom stereocenters. The van der Waals surface area contributed by atoms with Crippen molar-refractivity contribution in [1.29, 1.82) is 0 Å². The van der Waals surface area contributed by atoms with Gasteiger partial charge in [-0.2, -0.15) is 0 Å². The van der Waals surface area contributed by atoms with E-state index in [-0.39, 0.29) is 6.10 Å². The third kappa shape index (κ3) is 11.5. The molecular formula is C44H80N2O. The van der Waals surface area contributed by atoms with E-state index in [9.17, 15) is 0 Å². The molecule has 4 N–H and O–H groups in total. The Labute approximate surface area is 293 Å². The van der Waals surface area contributed by atoms with E-state index in [4.69, 9.17) is 16.2 Å². The molecule has 4 aliphatic rings. The summed E-state index contributed by atoms with van der Waals surface area (Å²) in [6.07, 6.45) is 20.3. The molecular weight excluding hydrogens is 572 g/mol. The standard InChI is InChI=1S/C33H52N2O.2C4H10.C3H8/c1-21(2)7-6-8-22(3)27-12-13-28-26-11-9-23-19-25(36-31-14-10-24(34)20-30(31)35)15-17-32(23,4)29(26)16-18-33(27,28)5;2*1-4(2)3;1-3-2/h9-11,14,20-23,25-29H,6-8,12-13,15-19,34-35H2,1-5H3;2*4H,1-3H3;3H2,1-2H3. The lowest BCUT2D eigenvalue weighted by molar-refractivity contribution is -0.0782. The van der Waals surface area contributed by atoms with E-state index >= 15 is 0 Å². The first kappa shape index (κ1) is 41.5. The van der Waals surface area contributed by atoms with Gasteiger partial charge in [-0.3, -0.25) is 0 Å². The van der Waals surface area contributed by atoms with E-state index in [1.165, 1.54) is 57.8 Å². The number of hydrogen-bond acceptors (Lipinski definition) is 3. The average Bonchev–Trinajstić information content (AvgIpc) is 3.31. The van der Waals surface area contributed by atoms with Gasteiger partial charge in [0.1, 0.15) is 5.75 Å². The quantitative estimate of drug-likeness (QED) is 0.228. The third-order valence-electron chi connectivity index (χ3n) is 11.6. The first-order valence-corrected chi connectivity index (χ1v) is 20.0. The minimum absolute atomic E-state index is 0.242. The van der Waals surface area contributed by atoms with Crippen LogP contribution in [0, 0.1) is 64.1 Å². The lowest BCUT2D eigenvalue weighted by atomic mass is 9.46. The van der Waals surface area contributed by atoms with Crippen molar-refractivity contribution in [3.63, 3.8) is 0 Å². The van der Waals surface area contributed by atoms with Crippen LogP contribution in [0.2, 0.25) is 0 Å². The molecule has 0 heterocycles. The van der Waals surface area contributed by atoms with Gasteiger partial charge < -0.3 is 16.2 Å². The van der Waals surface area contributed by atoms with Crippen molar-refractivity contribution in [3.8, 4) is 5.75 Å². The number of ether oxygens (including phenoxy) is 1. The zero-order chi connectivity index (χ0) is 35.5. The molecule has 0 aromatic heterocycles. The molecule has 0 bridgehead atoms. The number of hydrogen-bond donors (Lipinski definition) is 2. The van der Waals surface area contributed by atoms with Crippen LogP contribution in [0.3, 0.4) is 0 Å². The number of rotatable bonds is 7. The second-order valence-electron chi connectivity index (χ2n) is 18.3. The Morgan fingerprint density at radius 3 is 1.91 bits per heavy atom. The van der Waals surface area contributed by atoms with Crippen LogP contribution in [0.5, 0.6) is 5.75 Å². The van der Waals surface area contributed by atoms with Crippen molar-refractivity contribution < 1.29 is 4.74 Å². The van der Waals surface area contributed by atoms with Crippen molar-refractivity contribution >= 4 is 11.4 Å². The third-order valence-corrected chi connectivity index (χ3v) is 11.6. The summed E-state index contributed by atoms with van der Waals surface area (Å²) in [5.74, 6) is 8.21. The van der Waals surface area contributed by atoms with Crippen LogP contribution in [0.25, 0.3) is 0 Å². The van der Waals surface area contributed by atoms with E-state index in [0.29, 0.717) is 28.1 Å². The maximum atomic E-state index is 6.43. The zero-order valence-electron chi connectivity index (χ0n) is 33.5. The number of benzene rings is 1. The number of allylic oxidation sites excluding steroid dienone is 2. The summed E-state index contributed by atoms with van der Waals surface area (Å²) in [6.45, 7) is 29.9. The summed E-state index contributed by atoms with van der Waals surface area (Å²) in [5, 5.41) is 0. The number of nitrogen functional groups attached to an aromatic ring is 2. The largest absolute Gasteiger partial charge is 0.488 e. The molecule has 0 saturated heterocycles. The van der Waals surface area contributed by atoms with Crippen molar-refractivity contribution in [2.24, 2.45) is 64.1 Å². The maximum Gasteiger partial charge on any atom is 0.142 e. The molecule has 3 saturated carbocycles. The molecule has 1 aromatic carbocycles. The Hall–Kier alpha value is -1.64. The lowest BCUT2D eigenvalue weighted by Gasteiger charge is -2.59. The smallest absolute Gasteiger partial charge is 0.142 e. The molecule has 5 rings (SSSR count). The zero-order valence-corrected chi connectivity index (χ0v) is 33.5. The van der Waals surface area contributed by atoms with Gasteiger partial charge in [0.2, 0.25) is 0 Å². The molecule has 3 heteroatoms. The van der Waals surface area contributed by atoms with Crippen LogP contribution in [-0.4, -0.2) is 6.10 Å². The SMILES string of the molecule is CC(C)C.CC(C)C.CC(C)CCCC(C)C1CCC2C3C=CC4CC(Oc5ccc(N)cc5N)CCC4(C)C3CCC12C.CCC.